The third kappa shape index (κ3) is 2.31. The van der Waals surface area contributed by atoms with Gasteiger partial charge in [-0.05, 0) is 6.92 Å². The van der Waals surface area contributed by atoms with E-state index in [1.54, 1.807) is 18.5 Å². The summed E-state index contributed by atoms with van der Waals surface area (Å²) in [6.07, 6.45) is 0.276. The van der Waals surface area contributed by atoms with Crippen LogP contribution in [0.15, 0.2) is 6.20 Å². The number of carbonyl (C=O) groups excluding carboxylic acids is 1. The molecule has 7 nitrogen and oxygen atoms in total. The molecule has 1 amide bonds. The van der Waals surface area contributed by atoms with Crippen molar-refractivity contribution in [1.29, 1.82) is 0 Å². The number of imidazole rings is 1. The Morgan fingerprint density at radius 3 is 2.84 bits per heavy atom. The van der Waals surface area contributed by atoms with Gasteiger partial charge in [0.1, 0.15) is 23.6 Å². The molecule has 2 rings (SSSR count). The van der Waals surface area contributed by atoms with Crippen molar-refractivity contribution in [2.45, 2.75) is 19.1 Å². The number of hydrogen-bond acceptors (Lipinski definition) is 4. The van der Waals surface area contributed by atoms with Crippen molar-refractivity contribution >= 4 is 23.5 Å². The number of rotatable bonds is 3. The highest BCUT2D eigenvalue weighted by Gasteiger charge is 2.43. The number of carboxylic acids is 1. The largest absolute Gasteiger partial charge is 0.479 e. The molecule has 1 aromatic heterocycles. The molecule has 19 heavy (non-hydrogen) atoms. The first-order valence-electron chi connectivity index (χ1n) is 5.78. The van der Waals surface area contributed by atoms with Crippen LogP contribution in [-0.4, -0.2) is 50.7 Å². The zero-order chi connectivity index (χ0) is 14.2. The number of hydrogen-bond donors (Lipinski definition) is 1. The Morgan fingerprint density at radius 1 is 1.68 bits per heavy atom. The van der Waals surface area contributed by atoms with Crippen LogP contribution in [0.3, 0.4) is 0 Å². The first-order valence-corrected chi connectivity index (χ1v) is 6.16. The van der Waals surface area contributed by atoms with Crippen LogP contribution in [0.2, 0.25) is 5.15 Å². The van der Waals surface area contributed by atoms with Gasteiger partial charge in [0.2, 0.25) is 5.91 Å². The van der Waals surface area contributed by atoms with Gasteiger partial charge in [-0.25, -0.2) is 9.78 Å². The van der Waals surface area contributed by atoms with Crippen LogP contribution in [0.25, 0.3) is 0 Å². The SMILES string of the molecule is CCN1C(=O)COC(C(=O)O)C1c1ncc(Cl)n1C. The molecule has 2 unspecified atom stereocenters. The van der Waals surface area contributed by atoms with E-state index in [1.165, 1.54) is 11.1 Å². The Balaban J connectivity index is 2.47. The third-order valence-electron chi connectivity index (χ3n) is 3.15. The molecule has 1 aliphatic heterocycles. The molecule has 0 radical (unpaired) electrons. The van der Waals surface area contributed by atoms with Crippen molar-refractivity contribution in [2.75, 3.05) is 13.2 Å². The molecular weight excluding hydrogens is 274 g/mol. The fourth-order valence-corrected chi connectivity index (χ4v) is 2.32. The lowest BCUT2D eigenvalue weighted by Crippen LogP contribution is -2.52. The van der Waals surface area contributed by atoms with Crippen molar-refractivity contribution in [2.24, 2.45) is 7.05 Å². The van der Waals surface area contributed by atoms with Crippen LogP contribution in [-0.2, 0) is 21.4 Å². The molecule has 104 valence electrons. The first-order chi connectivity index (χ1) is 8.97. The average Bonchev–Trinajstić information content (AvgIpc) is 2.69. The van der Waals surface area contributed by atoms with E-state index in [1.807, 2.05) is 0 Å². The molecular formula is C11H14ClN3O4. The number of amides is 1. The van der Waals surface area contributed by atoms with Crippen LogP contribution >= 0.6 is 11.6 Å². The predicted octanol–water partition coefficient (Wildman–Crippen LogP) is 0.446. The van der Waals surface area contributed by atoms with Crippen LogP contribution in [0.5, 0.6) is 0 Å². The summed E-state index contributed by atoms with van der Waals surface area (Å²) in [7, 11) is 1.66. The standard InChI is InChI=1S/C11H14ClN3O4/c1-3-15-7(16)5-19-9(11(17)18)8(15)10-13-4-6(12)14(10)2/h4,8-9H,3,5H2,1-2H3,(H,17,18). The number of aromatic nitrogens is 2. The second kappa shape index (κ2) is 5.18. The molecule has 8 heteroatoms. The van der Waals surface area contributed by atoms with Gasteiger partial charge in [0.25, 0.3) is 0 Å². The van der Waals surface area contributed by atoms with E-state index in [9.17, 15) is 14.7 Å². The number of carbonyl (C=O) groups is 2. The summed E-state index contributed by atoms with van der Waals surface area (Å²) in [4.78, 5) is 28.7. The van der Waals surface area contributed by atoms with E-state index in [2.05, 4.69) is 4.98 Å². The molecule has 0 saturated carbocycles. The van der Waals surface area contributed by atoms with Crippen LogP contribution in [0.1, 0.15) is 18.8 Å². The average molecular weight is 288 g/mol. The third-order valence-corrected chi connectivity index (χ3v) is 3.50. The topological polar surface area (TPSA) is 84.7 Å². The van der Waals surface area contributed by atoms with E-state index in [0.717, 1.165) is 0 Å². The van der Waals surface area contributed by atoms with Gasteiger partial charge in [-0.3, -0.25) is 4.79 Å². The maximum atomic E-state index is 11.8. The molecule has 1 fully saturated rings. The van der Waals surface area contributed by atoms with Crippen molar-refractivity contribution in [3.63, 3.8) is 0 Å². The summed E-state index contributed by atoms with van der Waals surface area (Å²) in [5, 5.41) is 9.60. The number of morpholine rings is 1. The molecule has 0 bridgehead atoms. The normalized spacial score (nSPS) is 23.7. The Kier molecular flexibility index (Phi) is 3.77. The van der Waals surface area contributed by atoms with Gasteiger partial charge in [0.05, 0.1) is 6.20 Å². The van der Waals surface area contributed by atoms with Crippen molar-refractivity contribution in [3.05, 3.63) is 17.2 Å². The molecule has 2 heterocycles. The Hall–Kier alpha value is -1.60. The molecule has 0 spiro atoms. The number of nitrogens with zero attached hydrogens (tertiary/aromatic N) is 3. The summed E-state index contributed by atoms with van der Waals surface area (Å²) in [6.45, 7) is 1.92. The molecule has 1 aromatic rings. The van der Waals surface area contributed by atoms with E-state index >= 15 is 0 Å². The predicted molar refractivity (Wildman–Crippen MR) is 65.7 cm³/mol. The van der Waals surface area contributed by atoms with Gasteiger partial charge < -0.3 is 19.3 Å². The summed E-state index contributed by atoms with van der Waals surface area (Å²) in [5.74, 6) is -0.994. The molecule has 0 aliphatic carbocycles. The Bertz CT molecular complexity index is 514. The van der Waals surface area contributed by atoms with E-state index in [-0.39, 0.29) is 12.5 Å². The van der Waals surface area contributed by atoms with Crippen LogP contribution < -0.4 is 0 Å². The highest BCUT2D eigenvalue weighted by Crippen LogP contribution is 2.30. The molecule has 0 aromatic carbocycles. The van der Waals surface area contributed by atoms with E-state index in [4.69, 9.17) is 16.3 Å². The number of likely N-dealkylation sites (N-methyl/N-ethyl adjacent to an activating group) is 1. The van der Waals surface area contributed by atoms with Crippen LogP contribution in [0.4, 0.5) is 0 Å². The molecule has 1 aliphatic rings. The molecule has 1 N–H and O–H groups in total. The summed E-state index contributed by atoms with van der Waals surface area (Å²) >= 11 is 5.91. The lowest BCUT2D eigenvalue weighted by molar-refractivity contribution is -0.173. The summed E-state index contributed by atoms with van der Waals surface area (Å²) < 4.78 is 6.68. The molecule has 1 saturated heterocycles. The zero-order valence-corrected chi connectivity index (χ0v) is 11.3. The fraction of sp³-hybridized carbons (Fsp3) is 0.545. The smallest absolute Gasteiger partial charge is 0.335 e. The first kappa shape index (κ1) is 13.8. The zero-order valence-electron chi connectivity index (χ0n) is 10.5. The van der Waals surface area contributed by atoms with E-state index in [0.29, 0.717) is 17.5 Å². The maximum absolute atomic E-state index is 11.8. The minimum absolute atomic E-state index is 0.237. The lowest BCUT2D eigenvalue weighted by atomic mass is 10.1. The highest BCUT2D eigenvalue weighted by molar-refractivity contribution is 6.29. The number of carboxylic acid groups (broad SMARTS) is 1. The van der Waals surface area contributed by atoms with Crippen molar-refractivity contribution in [3.8, 4) is 0 Å². The summed E-state index contributed by atoms with van der Waals surface area (Å²) in [6, 6.07) is -0.777. The minimum atomic E-state index is -1.14. The van der Waals surface area contributed by atoms with Gasteiger partial charge in [0, 0.05) is 13.6 Å². The van der Waals surface area contributed by atoms with Crippen molar-refractivity contribution < 1.29 is 19.4 Å². The maximum Gasteiger partial charge on any atom is 0.335 e. The quantitative estimate of drug-likeness (QED) is 0.872. The van der Waals surface area contributed by atoms with Crippen LogP contribution in [0, 0.1) is 0 Å². The van der Waals surface area contributed by atoms with E-state index < -0.39 is 18.1 Å². The van der Waals surface area contributed by atoms with Gasteiger partial charge in [-0.15, -0.1) is 0 Å². The van der Waals surface area contributed by atoms with Gasteiger partial charge in [0.15, 0.2) is 6.10 Å². The minimum Gasteiger partial charge on any atom is -0.479 e. The number of aliphatic carboxylic acids is 1. The second-order valence-electron chi connectivity index (χ2n) is 4.19. The highest BCUT2D eigenvalue weighted by atomic mass is 35.5. The lowest BCUT2D eigenvalue weighted by Gasteiger charge is -2.38. The van der Waals surface area contributed by atoms with Gasteiger partial charge in [-0.2, -0.15) is 0 Å². The summed E-state index contributed by atoms with van der Waals surface area (Å²) in [5.41, 5.74) is 0. The number of halogens is 1. The van der Waals surface area contributed by atoms with Gasteiger partial charge >= 0.3 is 5.97 Å². The van der Waals surface area contributed by atoms with Gasteiger partial charge in [-0.1, -0.05) is 11.6 Å². The Labute approximate surface area is 114 Å². The fourth-order valence-electron chi connectivity index (χ4n) is 2.18. The van der Waals surface area contributed by atoms with Crippen molar-refractivity contribution in [1.82, 2.24) is 14.5 Å². The Morgan fingerprint density at radius 2 is 2.37 bits per heavy atom. The second-order valence-corrected chi connectivity index (χ2v) is 4.58. The monoisotopic (exact) mass is 287 g/mol. The molecule has 2 atom stereocenters. The number of ether oxygens (including phenoxy) is 1.